The van der Waals surface area contributed by atoms with Gasteiger partial charge in [-0.25, -0.2) is 4.79 Å². The van der Waals surface area contributed by atoms with Crippen LogP contribution in [-0.4, -0.2) is 37.0 Å². The van der Waals surface area contributed by atoms with Gasteiger partial charge in [-0.05, 0) is 24.7 Å². The Hall–Kier alpha value is -1.32. The van der Waals surface area contributed by atoms with E-state index in [-0.39, 0.29) is 0 Å². The summed E-state index contributed by atoms with van der Waals surface area (Å²) >= 11 is 0. The molecule has 1 heterocycles. The molecule has 1 fully saturated rings. The van der Waals surface area contributed by atoms with Gasteiger partial charge in [-0.2, -0.15) is 0 Å². The van der Waals surface area contributed by atoms with E-state index in [0.717, 1.165) is 12.8 Å². The summed E-state index contributed by atoms with van der Waals surface area (Å²) in [4.78, 5) is 24.2. The lowest BCUT2D eigenvalue weighted by Crippen LogP contribution is -2.35. The van der Waals surface area contributed by atoms with Gasteiger partial charge in [0, 0.05) is 13.1 Å². The van der Waals surface area contributed by atoms with Crippen LogP contribution < -0.4 is 0 Å². The Morgan fingerprint density at radius 2 is 1.73 bits per heavy atom. The van der Waals surface area contributed by atoms with Gasteiger partial charge in [0.05, 0.1) is 7.11 Å². The zero-order chi connectivity index (χ0) is 10.8. The third-order valence-corrected chi connectivity index (χ3v) is 3.27. The van der Waals surface area contributed by atoms with Crippen molar-refractivity contribution in [3.63, 3.8) is 0 Å². The maximum absolute atomic E-state index is 11.6. The van der Waals surface area contributed by atoms with Crippen molar-refractivity contribution in [2.75, 3.05) is 20.2 Å². The van der Waals surface area contributed by atoms with Gasteiger partial charge < -0.3 is 9.64 Å². The van der Waals surface area contributed by atoms with E-state index < -0.39 is 11.9 Å². The van der Waals surface area contributed by atoms with E-state index in [1.165, 1.54) is 7.11 Å². The van der Waals surface area contributed by atoms with Gasteiger partial charge in [-0.3, -0.25) is 4.79 Å². The van der Waals surface area contributed by atoms with E-state index in [1.54, 1.807) is 4.90 Å². The average molecular weight is 209 g/mol. The largest absolute Gasteiger partial charge is 0.462 e. The lowest BCUT2D eigenvalue weighted by atomic mass is 9.86. The van der Waals surface area contributed by atoms with Gasteiger partial charge in [-0.1, -0.05) is 12.2 Å². The van der Waals surface area contributed by atoms with Crippen molar-refractivity contribution in [2.24, 2.45) is 11.8 Å². The molecule has 0 aromatic rings. The maximum Gasteiger partial charge on any atom is 0.396 e. The van der Waals surface area contributed by atoms with Crippen LogP contribution in [0, 0.1) is 11.8 Å². The van der Waals surface area contributed by atoms with Crippen molar-refractivity contribution < 1.29 is 14.3 Å². The number of allylic oxidation sites excluding steroid dienone is 2. The molecule has 2 rings (SSSR count). The Kier molecular flexibility index (Phi) is 2.75. The van der Waals surface area contributed by atoms with E-state index in [9.17, 15) is 9.59 Å². The lowest BCUT2D eigenvalue weighted by Gasteiger charge is -2.17. The number of carbonyl (C=O) groups is 2. The number of hydrogen-bond acceptors (Lipinski definition) is 3. The molecule has 15 heavy (non-hydrogen) atoms. The number of ether oxygens (including phenoxy) is 1. The first-order chi connectivity index (χ1) is 7.22. The summed E-state index contributed by atoms with van der Waals surface area (Å²) in [5, 5.41) is 0. The highest BCUT2D eigenvalue weighted by Gasteiger charge is 2.37. The van der Waals surface area contributed by atoms with Crippen molar-refractivity contribution in [3.8, 4) is 0 Å². The summed E-state index contributed by atoms with van der Waals surface area (Å²) < 4.78 is 4.43. The first kappa shape index (κ1) is 10.2. The minimum absolute atomic E-state index is 0.494. The van der Waals surface area contributed by atoms with E-state index >= 15 is 0 Å². The molecule has 0 spiro atoms. The highest BCUT2D eigenvalue weighted by Crippen LogP contribution is 2.32. The van der Waals surface area contributed by atoms with Crippen LogP contribution in [0.1, 0.15) is 12.8 Å². The van der Waals surface area contributed by atoms with Gasteiger partial charge in [0.15, 0.2) is 0 Å². The third-order valence-electron chi connectivity index (χ3n) is 3.27. The molecule has 4 heteroatoms. The minimum Gasteiger partial charge on any atom is -0.462 e. The van der Waals surface area contributed by atoms with Crippen molar-refractivity contribution in [1.29, 1.82) is 0 Å². The normalized spacial score (nSPS) is 28.7. The highest BCUT2D eigenvalue weighted by molar-refractivity contribution is 6.32. The van der Waals surface area contributed by atoms with Crippen LogP contribution in [0.4, 0.5) is 0 Å². The minimum atomic E-state index is -0.749. The van der Waals surface area contributed by atoms with E-state index in [0.29, 0.717) is 24.9 Å². The Bertz CT molecular complexity index is 295. The topological polar surface area (TPSA) is 46.6 Å². The number of methoxy groups -OCH3 is 1. The zero-order valence-corrected chi connectivity index (χ0v) is 8.81. The second-order valence-electron chi connectivity index (χ2n) is 4.16. The molecule has 0 aromatic carbocycles. The van der Waals surface area contributed by atoms with Crippen molar-refractivity contribution >= 4 is 11.9 Å². The number of carbonyl (C=O) groups excluding carboxylic acids is 2. The van der Waals surface area contributed by atoms with E-state index in [1.807, 2.05) is 0 Å². The molecular weight excluding hydrogens is 194 g/mol. The summed E-state index contributed by atoms with van der Waals surface area (Å²) in [5.41, 5.74) is 0. The molecular formula is C11H15NO3. The van der Waals surface area contributed by atoms with E-state index in [2.05, 4.69) is 16.9 Å². The highest BCUT2D eigenvalue weighted by atomic mass is 16.5. The second-order valence-corrected chi connectivity index (χ2v) is 4.16. The van der Waals surface area contributed by atoms with Crippen LogP contribution in [0.2, 0.25) is 0 Å². The predicted octanol–water partition coefficient (Wildman–Crippen LogP) is 0.584. The number of likely N-dealkylation sites (tertiary alicyclic amines) is 1. The third kappa shape index (κ3) is 1.89. The molecule has 1 amide bonds. The van der Waals surface area contributed by atoms with Gasteiger partial charge in [-0.15, -0.1) is 0 Å². The van der Waals surface area contributed by atoms with Crippen LogP contribution in [0.3, 0.4) is 0 Å². The molecule has 0 aromatic heterocycles. The van der Waals surface area contributed by atoms with Gasteiger partial charge in [0.1, 0.15) is 0 Å². The fourth-order valence-electron chi connectivity index (χ4n) is 2.40. The molecule has 1 saturated heterocycles. The molecule has 2 aliphatic rings. The summed E-state index contributed by atoms with van der Waals surface area (Å²) in [6.45, 7) is 1.39. The van der Waals surface area contributed by atoms with Gasteiger partial charge in [0.25, 0.3) is 0 Å². The van der Waals surface area contributed by atoms with Crippen LogP contribution in [-0.2, 0) is 14.3 Å². The monoisotopic (exact) mass is 209 g/mol. The second kappa shape index (κ2) is 4.04. The SMILES string of the molecule is COC(=O)C(=O)N1C[C@H]2CC=CC[C@H]2C1. The number of fused-ring (bicyclic) bond motifs is 1. The molecule has 0 unspecified atom stereocenters. The summed E-state index contributed by atoms with van der Waals surface area (Å²) in [7, 11) is 1.24. The first-order valence-electron chi connectivity index (χ1n) is 5.24. The number of rotatable bonds is 0. The number of hydrogen-bond donors (Lipinski definition) is 0. The molecule has 0 N–H and O–H groups in total. The predicted molar refractivity (Wildman–Crippen MR) is 54.0 cm³/mol. The molecule has 0 bridgehead atoms. The summed E-state index contributed by atoms with van der Waals surface area (Å²) in [6.07, 6.45) is 6.37. The van der Waals surface area contributed by atoms with Crippen LogP contribution in [0.5, 0.6) is 0 Å². The Balaban J connectivity index is 1.98. The summed E-state index contributed by atoms with van der Waals surface area (Å²) in [6, 6.07) is 0. The zero-order valence-electron chi connectivity index (χ0n) is 8.81. The van der Waals surface area contributed by atoms with Crippen LogP contribution >= 0.6 is 0 Å². The molecule has 4 nitrogen and oxygen atoms in total. The maximum atomic E-state index is 11.6. The number of nitrogens with zero attached hydrogens (tertiary/aromatic N) is 1. The molecule has 0 saturated carbocycles. The fourth-order valence-corrected chi connectivity index (χ4v) is 2.40. The molecule has 82 valence electrons. The van der Waals surface area contributed by atoms with Crippen molar-refractivity contribution in [1.82, 2.24) is 4.90 Å². The van der Waals surface area contributed by atoms with E-state index in [4.69, 9.17) is 0 Å². The summed E-state index contributed by atoms with van der Waals surface area (Å²) in [5.74, 6) is -0.180. The van der Waals surface area contributed by atoms with Crippen LogP contribution in [0.15, 0.2) is 12.2 Å². The van der Waals surface area contributed by atoms with Gasteiger partial charge in [0.2, 0.25) is 0 Å². The molecule has 1 aliphatic heterocycles. The van der Waals surface area contributed by atoms with Gasteiger partial charge >= 0.3 is 11.9 Å². The number of amides is 1. The van der Waals surface area contributed by atoms with Crippen molar-refractivity contribution in [3.05, 3.63) is 12.2 Å². The Labute approximate surface area is 88.9 Å². The molecule has 2 atom stereocenters. The first-order valence-corrected chi connectivity index (χ1v) is 5.24. The lowest BCUT2D eigenvalue weighted by molar-refractivity contribution is -0.157. The number of esters is 1. The molecule has 0 radical (unpaired) electrons. The van der Waals surface area contributed by atoms with Crippen molar-refractivity contribution in [2.45, 2.75) is 12.8 Å². The fraction of sp³-hybridized carbons (Fsp3) is 0.636. The standard InChI is InChI=1S/C11H15NO3/c1-15-11(14)10(13)12-6-8-4-2-3-5-9(8)7-12/h2-3,8-9H,4-7H2,1H3/t8-,9+. The smallest absolute Gasteiger partial charge is 0.396 e. The quantitative estimate of drug-likeness (QED) is 0.333. The Morgan fingerprint density at radius 1 is 1.20 bits per heavy atom. The molecule has 1 aliphatic carbocycles. The van der Waals surface area contributed by atoms with Crippen LogP contribution in [0.25, 0.3) is 0 Å². The average Bonchev–Trinajstić information content (AvgIpc) is 2.70. The Morgan fingerprint density at radius 3 is 2.20 bits per heavy atom.